The summed E-state index contributed by atoms with van der Waals surface area (Å²) in [6.45, 7) is 0. The summed E-state index contributed by atoms with van der Waals surface area (Å²) in [6, 6.07) is 22.0. The number of likely N-dealkylation sites (N-methyl/N-ethyl adjacent to an activating group) is 1. The lowest BCUT2D eigenvalue weighted by Crippen LogP contribution is -2.24. The molecule has 5 rings (SSSR count). The van der Waals surface area contributed by atoms with Crippen molar-refractivity contribution in [2.45, 2.75) is 0 Å². The summed E-state index contributed by atoms with van der Waals surface area (Å²) in [5.41, 5.74) is 3.03. The zero-order valence-corrected chi connectivity index (χ0v) is 17.1. The van der Waals surface area contributed by atoms with E-state index in [0.29, 0.717) is 33.7 Å². The fraction of sp³-hybridized carbons (Fsp3) is 0.0800. The lowest BCUT2D eigenvalue weighted by Gasteiger charge is -2.15. The maximum absolute atomic E-state index is 13.5. The second kappa shape index (κ2) is 7.25. The average Bonchev–Trinajstić information content (AvgIpc) is 3.04. The molecule has 4 aromatic rings. The second-order valence-electron chi connectivity index (χ2n) is 7.24. The Morgan fingerprint density at radius 3 is 2.35 bits per heavy atom. The molecule has 31 heavy (non-hydrogen) atoms. The van der Waals surface area contributed by atoms with Crippen molar-refractivity contribution in [3.8, 4) is 11.4 Å². The van der Waals surface area contributed by atoms with E-state index in [4.69, 9.17) is 9.72 Å². The molecule has 0 saturated carbocycles. The van der Waals surface area contributed by atoms with Crippen LogP contribution in [0.3, 0.4) is 0 Å². The lowest BCUT2D eigenvalue weighted by atomic mass is 10.1. The van der Waals surface area contributed by atoms with Gasteiger partial charge in [0.15, 0.2) is 0 Å². The van der Waals surface area contributed by atoms with E-state index in [9.17, 15) is 9.59 Å². The molecule has 0 unspecified atom stereocenters. The highest BCUT2D eigenvalue weighted by Crippen LogP contribution is 2.36. The van der Waals surface area contributed by atoms with E-state index in [1.807, 2.05) is 48.5 Å². The summed E-state index contributed by atoms with van der Waals surface area (Å²) < 4.78 is 7.01. The van der Waals surface area contributed by atoms with Crippen LogP contribution in [-0.2, 0) is 4.79 Å². The smallest absolute Gasteiger partial charge is 0.266 e. The molecule has 0 bridgehead atoms. The molecule has 0 aliphatic carbocycles. The van der Waals surface area contributed by atoms with Gasteiger partial charge in [0, 0.05) is 12.6 Å². The van der Waals surface area contributed by atoms with Gasteiger partial charge < -0.3 is 9.64 Å². The zero-order valence-electron chi connectivity index (χ0n) is 17.1. The number of rotatable bonds is 3. The van der Waals surface area contributed by atoms with Crippen LogP contribution in [0.2, 0.25) is 0 Å². The number of ether oxygens (including phenoxy) is 1. The number of carbonyl (C=O) groups excluding carboxylic acids is 1. The first kappa shape index (κ1) is 18.8. The number of aromatic nitrogens is 2. The molecule has 1 amide bonds. The molecule has 0 spiro atoms. The SMILES string of the molecule is COc1ccccc1-n1c(C=C2C(=O)N(C)c3ccccc32)nc2ccccc2c1=O. The summed E-state index contributed by atoms with van der Waals surface area (Å²) in [7, 11) is 3.30. The summed E-state index contributed by atoms with van der Waals surface area (Å²) >= 11 is 0. The predicted octanol–water partition coefficient (Wildman–Crippen LogP) is 3.91. The van der Waals surface area contributed by atoms with Crippen molar-refractivity contribution in [2.24, 2.45) is 0 Å². The largest absolute Gasteiger partial charge is 0.495 e. The normalized spacial score (nSPS) is 14.3. The minimum Gasteiger partial charge on any atom is -0.495 e. The Labute approximate surface area is 178 Å². The molecule has 6 heteroatoms. The van der Waals surface area contributed by atoms with Crippen LogP contribution < -0.4 is 15.2 Å². The monoisotopic (exact) mass is 409 g/mol. The van der Waals surface area contributed by atoms with Crippen molar-refractivity contribution in [1.29, 1.82) is 0 Å². The van der Waals surface area contributed by atoms with Crippen LogP contribution in [0.25, 0.3) is 28.2 Å². The van der Waals surface area contributed by atoms with E-state index in [0.717, 1.165) is 11.3 Å². The Kier molecular flexibility index (Phi) is 4.40. The Hall–Kier alpha value is -4.19. The van der Waals surface area contributed by atoms with E-state index in [1.165, 1.54) is 4.57 Å². The Balaban J connectivity index is 1.85. The van der Waals surface area contributed by atoms with Crippen molar-refractivity contribution in [3.05, 3.63) is 94.5 Å². The van der Waals surface area contributed by atoms with Gasteiger partial charge in [-0.1, -0.05) is 42.5 Å². The Morgan fingerprint density at radius 2 is 1.55 bits per heavy atom. The van der Waals surface area contributed by atoms with Gasteiger partial charge in [-0.05, 0) is 36.4 Å². The van der Waals surface area contributed by atoms with E-state index in [-0.39, 0.29) is 11.5 Å². The molecule has 152 valence electrons. The summed E-state index contributed by atoms with van der Waals surface area (Å²) in [5.74, 6) is 0.758. The minimum absolute atomic E-state index is 0.143. The highest BCUT2D eigenvalue weighted by molar-refractivity contribution is 6.35. The number of fused-ring (bicyclic) bond motifs is 2. The molecule has 6 nitrogen and oxygen atoms in total. The van der Waals surface area contributed by atoms with Crippen molar-refractivity contribution in [3.63, 3.8) is 0 Å². The number of hydrogen-bond acceptors (Lipinski definition) is 4. The lowest BCUT2D eigenvalue weighted by molar-refractivity contribution is -0.112. The maximum Gasteiger partial charge on any atom is 0.266 e. The summed E-state index contributed by atoms with van der Waals surface area (Å²) in [4.78, 5) is 32.9. The van der Waals surface area contributed by atoms with Gasteiger partial charge in [0.2, 0.25) is 0 Å². The number of para-hydroxylation sites is 4. The molecule has 2 heterocycles. The molecule has 0 fully saturated rings. The molecular weight excluding hydrogens is 390 g/mol. The number of nitrogens with zero attached hydrogens (tertiary/aromatic N) is 3. The highest BCUT2D eigenvalue weighted by atomic mass is 16.5. The third kappa shape index (κ3) is 2.92. The first-order chi connectivity index (χ1) is 15.1. The van der Waals surface area contributed by atoms with Gasteiger partial charge in [0.1, 0.15) is 11.6 Å². The fourth-order valence-corrected chi connectivity index (χ4v) is 3.96. The number of carbonyl (C=O) groups is 1. The first-order valence-corrected chi connectivity index (χ1v) is 9.84. The zero-order chi connectivity index (χ0) is 21.5. The Morgan fingerprint density at radius 1 is 0.871 bits per heavy atom. The summed E-state index contributed by atoms with van der Waals surface area (Å²) in [6.07, 6.45) is 1.69. The number of methoxy groups -OCH3 is 1. The van der Waals surface area contributed by atoms with Crippen molar-refractivity contribution in [1.82, 2.24) is 9.55 Å². The topological polar surface area (TPSA) is 64.4 Å². The fourth-order valence-electron chi connectivity index (χ4n) is 3.96. The third-order valence-electron chi connectivity index (χ3n) is 5.49. The van der Waals surface area contributed by atoms with Crippen LogP contribution in [0.5, 0.6) is 5.75 Å². The molecule has 3 aromatic carbocycles. The van der Waals surface area contributed by atoms with Crippen LogP contribution in [0.15, 0.2) is 77.6 Å². The molecule has 0 atom stereocenters. The summed E-state index contributed by atoms with van der Waals surface area (Å²) in [5, 5.41) is 0.492. The van der Waals surface area contributed by atoms with E-state index < -0.39 is 0 Å². The molecular formula is C25H19N3O3. The quantitative estimate of drug-likeness (QED) is 0.481. The number of benzene rings is 3. The van der Waals surface area contributed by atoms with Gasteiger partial charge in [-0.15, -0.1) is 0 Å². The molecule has 1 aromatic heterocycles. The standard InChI is InChI=1S/C25H19N3O3/c1-27-20-12-6-4-9-16(20)18(24(27)29)15-23-26-19-11-5-3-10-17(19)25(30)28(23)21-13-7-8-14-22(21)31-2/h3-15H,1-2H3. The van der Waals surface area contributed by atoms with Crippen molar-refractivity contribution < 1.29 is 9.53 Å². The number of amides is 1. The van der Waals surface area contributed by atoms with Gasteiger partial charge in [-0.25, -0.2) is 4.98 Å². The molecule has 1 aliphatic heterocycles. The predicted molar refractivity (Wildman–Crippen MR) is 122 cm³/mol. The van der Waals surface area contributed by atoms with Gasteiger partial charge in [-0.3, -0.25) is 14.2 Å². The second-order valence-corrected chi connectivity index (χ2v) is 7.24. The van der Waals surface area contributed by atoms with Crippen LogP contribution >= 0.6 is 0 Å². The van der Waals surface area contributed by atoms with Crippen LogP contribution in [0.4, 0.5) is 5.69 Å². The molecule has 0 N–H and O–H groups in total. The average molecular weight is 409 g/mol. The third-order valence-corrected chi connectivity index (χ3v) is 5.49. The Bertz CT molecular complexity index is 1440. The minimum atomic E-state index is -0.228. The van der Waals surface area contributed by atoms with Gasteiger partial charge in [0.05, 0.1) is 35.0 Å². The van der Waals surface area contributed by atoms with Crippen LogP contribution in [-0.4, -0.2) is 29.6 Å². The maximum atomic E-state index is 13.5. The van der Waals surface area contributed by atoms with E-state index >= 15 is 0 Å². The molecule has 1 aliphatic rings. The van der Waals surface area contributed by atoms with Crippen molar-refractivity contribution >= 4 is 34.1 Å². The number of hydrogen-bond donors (Lipinski definition) is 0. The van der Waals surface area contributed by atoms with Crippen LogP contribution in [0.1, 0.15) is 11.4 Å². The molecule has 0 radical (unpaired) electrons. The van der Waals surface area contributed by atoms with Crippen LogP contribution in [0, 0.1) is 0 Å². The van der Waals surface area contributed by atoms with Gasteiger partial charge >= 0.3 is 0 Å². The highest BCUT2D eigenvalue weighted by Gasteiger charge is 2.30. The first-order valence-electron chi connectivity index (χ1n) is 9.84. The van der Waals surface area contributed by atoms with E-state index in [1.54, 1.807) is 49.4 Å². The number of anilines is 1. The van der Waals surface area contributed by atoms with E-state index in [2.05, 4.69) is 0 Å². The van der Waals surface area contributed by atoms with Gasteiger partial charge in [0.25, 0.3) is 11.5 Å². The van der Waals surface area contributed by atoms with Gasteiger partial charge in [-0.2, -0.15) is 0 Å². The molecule has 0 saturated heterocycles. The van der Waals surface area contributed by atoms with Crippen molar-refractivity contribution in [2.75, 3.05) is 19.1 Å².